The van der Waals surface area contributed by atoms with Crippen LogP contribution in [0.15, 0.2) is 42.9 Å². The van der Waals surface area contributed by atoms with Crippen molar-refractivity contribution in [2.24, 2.45) is 7.05 Å². The van der Waals surface area contributed by atoms with Gasteiger partial charge in [-0.15, -0.1) is 12.4 Å². The number of hydrogen-bond donors (Lipinski definition) is 0. The molecule has 1 saturated heterocycles. The van der Waals surface area contributed by atoms with Gasteiger partial charge < -0.3 is 4.90 Å². The number of aromatic nitrogens is 4. The fourth-order valence-corrected chi connectivity index (χ4v) is 4.68. The molecule has 0 atom stereocenters. The fourth-order valence-electron chi connectivity index (χ4n) is 3.89. The van der Waals surface area contributed by atoms with E-state index in [9.17, 15) is 8.42 Å². The standard InChI is InChI=1S/C22H28N6O2S.ClH/c1-17-20(14-25-26(17)2)15-27-10-12-28(13-11-27)22-21(23-8-9-24-22)19-6-4-18(5-7-19)16-31(3,29)30;/h4-9,14H,10-13,15-16H2,1-3H3;1H. The van der Waals surface area contributed by atoms with Gasteiger partial charge in [0.05, 0.1) is 11.9 Å². The molecule has 0 unspecified atom stereocenters. The third-order valence-corrected chi connectivity index (χ3v) is 6.60. The van der Waals surface area contributed by atoms with E-state index in [-0.39, 0.29) is 18.2 Å². The van der Waals surface area contributed by atoms with Crippen molar-refractivity contribution in [3.63, 3.8) is 0 Å². The van der Waals surface area contributed by atoms with Crippen LogP contribution in [-0.2, 0) is 29.2 Å². The van der Waals surface area contributed by atoms with E-state index in [0.29, 0.717) is 0 Å². The minimum absolute atomic E-state index is 0. The van der Waals surface area contributed by atoms with Gasteiger partial charge in [0.25, 0.3) is 0 Å². The summed E-state index contributed by atoms with van der Waals surface area (Å²) in [6.07, 6.45) is 6.62. The molecule has 10 heteroatoms. The Morgan fingerprint density at radius 1 is 1.00 bits per heavy atom. The molecule has 0 saturated carbocycles. The zero-order valence-electron chi connectivity index (χ0n) is 18.6. The van der Waals surface area contributed by atoms with Gasteiger partial charge >= 0.3 is 0 Å². The molecule has 172 valence electrons. The van der Waals surface area contributed by atoms with Crippen molar-refractivity contribution in [2.45, 2.75) is 19.2 Å². The molecule has 1 aromatic carbocycles. The Kier molecular flexibility index (Phi) is 7.53. The van der Waals surface area contributed by atoms with Gasteiger partial charge in [-0.1, -0.05) is 24.3 Å². The van der Waals surface area contributed by atoms with E-state index in [1.165, 1.54) is 17.5 Å². The molecule has 0 amide bonds. The summed E-state index contributed by atoms with van der Waals surface area (Å²) in [7, 11) is -1.08. The molecule has 8 nitrogen and oxygen atoms in total. The van der Waals surface area contributed by atoms with E-state index in [1.807, 2.05) is 42.2 Å². The van der Waals surface area contributed by atoms with Crippen molar-refractivity contribution < 1.29 is 8.42 Å². The first kappa shape index (κ1) is 24.2. The normalized spacial score (nSPS) is 14.9. The molecule has 0 N–H and O–H groups in total. The third kappa shape index (κ3) is 5.65. The van der Waals surface area contributed by atoms with Crippen molar-refractivity contribution in [1.82, 2.24) is 24.6 Å². The smallest absolute Gasteiger partial charge is 0.155 e. The third-order valence-electron chi connectivity index (χ3n) is 5.74. The molecular formula is C22H29ClN6O2S. The highest BCUT2D eigenvalue weighted by Crippen LogP contribution is 2.28. The maximum atomic E-state index is 11.5. The highest BCUT2D eigenvalue weighted by molar-refractivity contribution is 7.89. The van der Waals surface area contributed by atoms with Crippen LogP contribution in [0.3, 0.4) is 0 Å². The van der Waals surface area contributed by atoms with Crippen molar-refractivity contribution in [3.05, 3.63) is 59.7 Å². The second kappa shape index (κ2) is 9.97. The minimum atomic E-state index is -3.06. The summed E-state index contributed by atoms with van der Waals surface area (Å²) in [5.74, 6) is 0.912. The van der Waals surface area contributed by atoms with Crippen molar-refractivity contribution >= 4 is 28.1 Å². The van der Waals surface area contributed by atoms with Crippen molar-refractivity contribution in [2.75, 3.05) is 37.3 Å². The maximum Gasteiger partial charge on any atom is 0.155 e. The average molecular weight is 477 g/mol. The highest BCUT2D eigenvalue weighted by atomic mass is 35.5. The Labute approximate surface area is 195 Å². The first-order valence-corrected chi connectivity index (χ1v) is 12.4. The maximum absolute atomic E-state index is 11.5. The van der Waals surface area contributed by atoms with Crippen LogP contribution in [0.5, 0.6) is 0 Å². The van der Waals surface area contributed by atoms with Gasteiger partial charge in [-0.2, -0.15) is 5.10 Å². The number of rotatable bonds is 6. The summed E-state index contributed by atoms with van der Waals surface area (Å²) in [6, 6.07) is 7.55. The lowest BCUT2D eigenvalue weighted by molar-refractivity contribution is 0.249. The van der Waals surface area contributed by atoms with E-state index in [2.05, 4.69) is 31.8 Å². The molecular weight excluding hydrogens is 448 g/mol. The topological polar surface area (TPSA) is 84.2 Å². The second-order valence-corrected chi connectivity index (χ2v) is 10.3. The molecule has 0 radical (unpaired) electrons. The molecule has 3 heterocycles. The van der Waals surface area contributed by atoms with Crippen LogP contribution in [0.1, 0.15) is 16.8 Å². The van der Waals surface area contributed by atoms with Crippen LogP contribution < -0.4 is 4.90 Å². The largest absolute Gasteiger partial charge is 0.352 e. The van der Waals surface area contributed by atoms with Gasteiger partial charge in [0.15, 0.2) is 15.7 Å². The second-order valence-electron chi connectivity index (χ2n) is 8.14. The number of halogens is 1. The molecule has 0 spiro atoms. The Balaban J connectivity index is 0.00000289. The van der Waals surface area contributed by atoms with Crippen LogP contribution in [-0.4, -0.2) is 65.5 Å². The van der Waals surface area contributed by atoms with Gasteiger partial charge in [0, 0.05) is 75.2 Å². The monoisotopic (exact) mass is 476 g/mol. The minimum Gasteiger partial charge on any atom is -0.352 e. The molecule has 32 heavy (non-hydrogen) atoms. The number of anilines is 1. The summed E-state index contributed by atoms with van der Waals surface area (Å²) < 4.78 is 25.0. The van der Waals surface area contributed by atoms with Crippen molar-refractivity contribution in [3.8, 4) is 11.3 Å². The highest BCUT2D eigenvalue weighted by Gasteiger charge is 2.22. The lowest BCUT2D eigenvalue weighted by atomic mass is 10.1. The van der Waals surface area contributed by atoms with E-state index in [0.717, 1.165) is 55.4 Å². The number of piperazine rings is 1. The van der Waals surface area contributed by atoms with Crippen LogP contribution in [0, 0.1) is 6.92 Å². The first-order valence-electron chi connectivity index (χ1n) is 10.3. The van der Waals surface area contributed by atoms with Crippen LogP contribution in [0.25, 0.3) is 11.3 Å². The molecule has 1 fully saturated rings. The Hall–Kier alpha value is -2.49. The number of nitrogens with zero attached hydrogens (tertiary/aromatic N) is 6. The summed E-state index contributed by atoms with van der Waals surface area (Å²) in [5.41, 5.74) is 5.01. The molecule has 1 aliphatic rings. The first-order chi connectivity index (χ1) is 14.8. The quantitative estimate of drug-likeness (QED) is 0.540. The number of hydrogen-bond acceptors (Lipinski definition) is 7. The van der Waals surface area contributed by atoms with E-state index in [4.69, 9.17) is 0 Å². The van der Waals surface area contributed by atoms with Crippen LogP contribution >= 0.6 is 12.4 Å². The van der Waals surface area contributed by atoms with Gasteiger partial charge in [-0.25, -0.2) is 13.4 Å². The summed E-state index contributed by atoms with van der Waals surface area (Å²) in [4.78, 5) is 13.9. The molecule has 0 bridgehead atoms. The average Bonchev–Trinajstić information content (AvgIpc) is 3.06. The van der Waals surface area contributed by atoms with Gasteiger partial charge in [-0.05, 0) is 12.5 Å². The SMILES string of the molecule is Cc1c(CN2CCN(c3nccnc3-c3ccc(CS(C)(=O)=O)cc3)CC2)cnn1C.Cl. The van der Waals surface area contributed by atoms with Crippen LogP contribution in [0.2, 0.25) is 0 Å². The predicted molar refractivity (Wildman–Crippen MR) is 129 cm³/mol. The van der Waals surface area contributed by atoms with Crippen molar-refractivity contribution in [1.29, 1.82) is 0 Å². The predicted octanol–water partition coefficient (Wildman–Crippen LogP) is 2.47. The van der Waals surface area contributed by atoms with E-state index >= 15 is 0 Å². The van der Waals surface area contributed by atoms with Gasteiger partial charge in [0.2, 0.25) is 0 Å². The summed E-state index contributed by atoms with van der Waals surface area (Å²) in [6.45, 7) is 6.64. The Morgan fingerprint density at radius 3 is 2.25 bits per heavy atom. The molecule has 1 aliphatic heterocycles. The Morgan fingerprint density at radius 2 is 1.66 bits per heavy atom. The fraction of sp³-hybridized carbons (Fsp3) is 0.409. The van der Waals surface area contributed by atoms with E-state index < -0.39 is 9.84 Å². The van der Waals surface area contributed by atoms with Gasteiger partial charge in [-0.3, -0.25) is 14.6 Å². The van der Waals surface area contributed by atoms with Gasteiger partial charge in [0.1, 0.15) is 5.69 Å². The Bertz CT molecular complexity index is 1160. The van der Waals surface area contributed by atoms with E-state index in [1.54, 1.807) is 12.4 Å². The number of benzene rings is 1. The van der Waals surface area contributed by atoms with Crippen LogP contribution in [0.4, 0.5) is 5.82 Å². The molecule has 2 aromatic heterocycles. The lowest BCUT2D eigenvalue weighted by Crippen LogP contribution is -2.46. The summed E-state index contributed by atoms with van der Waals surface area (Å²) in [5, 5.41) is 4.34. The number of sulfone groups is 1. The zero-order chi connectivity index (χ0) is 22.0. The lowest BCUT2D eigenvalue weighted by Gasteiger charge is -2.35. The molecule has 3 aromatic rings. The number of aryl methyl sites for hydroxylation is 1. The summed E-state index contributed by atoms with van der Waals surface area (Å²) >= 11 is 0. The molecule has 4 rings (SSSR count). The molecule has 0 aliphatic carbocycles. The zero-order valence-corrected chi connectivity index (χ0v) is 20.2.